The van der Waals surface area contributed by atoms with Gasteiger partial charge < -0.3 is 4.90 Å². The van der Waals surface area contributed by atoms with Crippen molar-refractivity contribution in [2.75, 3.05) is 46.3 Å². The summed E-state index contributed by atoms with van der Waals surface area (Å²) >= 11 is 6.01. The van der Waals surface area contributed by atoms with E-state index in [2.05, 4.69) is 4.90 Å². The zero-order chi connectivity index (χ0) is 18.6. The molecule has 0 aliphatic carbocycles. The van der Waals surface area contributed by atoms with Crippen molar-refractivity contribution in [2.24, 2.45) is 0 Å². The molecule has 1 aliphatic heterocycles. The van der Waals surface area contributed by atoms with Gasteiger partial charge in [0.2, 0.25) is 5.91 Å². The minimum absolute atomic E-state index is 0.0300. The predicted octanol–water partition coefficient (Wildman–Crippen LogP) is 2.62. The van der Waals surface area contributed by atoms with Crippen molar-refractivity contribution in [3.8, 4) is 0 Å². The van der Waals surface area contributed by atoms with Gasteiger partial charge in [-0.3, -0.25) is 14.6 Å². The van der Waals surface area contributed by atoms with Gasteiger partial charge in [-0.25, -0.2) is 4.39 Å². The topological polar surface area (TPSA) is 26.8 Å². The number of hydrogen-bond acceptors (Lipinski definition) is 3. The molecule has 0 unspecified atom stereocenters. The fraction of sp³-hybridized carbons (Fsp3) is 0.562. The number of halogens is 5. The summed E-state index contributed by atoms with van der Waals surface area (Å²) < 4.78 is 50.0. The van der Waals surface area contributed by atoms with E-state index in [0.29, 0.717) is 42.6 Å². The molecule has 1 aliphatic rings. The second kappa shape index (κ2) is 8.33. The zero-order valence-corrected chi connectivity index (χ0v) is 14.6. The van der Waals surface area contributed by atoms with E-state index in [1.165, 1.54) is 12.1 Å². The monoisotopic (exact) mass is 381 g/mol. The van der Waals surface area contributed by atoms with Crippen molar-refractivity contribution < 1.29 is 22.4 Å². The highest BCUT2D eigenvalue weighted by Gasteiger charge is 2.31. The molecule has 140 valence electrons. The summed E-state index contributed by atoms with van der Waals surface area (Å²) in [5.41, 5.74) is 0.817. The molecule has 1 aromatic rings. The summed E-state index contributed by atoms with van der Waals surface area (Å²) in [6.45, 7) is 1.75. The van der Waals surface area contributed by atoms with Crippen LogP contribution in [0.3, 0.4) is 0 Å². The highest BCUT2D eigenvalue weighted by atomic mass is 35.5. The summed E-state index contributed by atoms with van der Waals surface area (Å²) in [7, 11) is 1.16. The van der Waals surface area contributed by atoms with Crippen molar-refractivity contribution >= 4 is 17.5 Å². The Morgan fingerprint density at radius 1 is 1.20 bits per heavy atom. The molecule has 1 heterocycles. The van der Waals surface area contributed by atoms with Crippen LogP contribution in [-0.4, -0.2) is 73.1 Å². The molecule has 25 heavy (non-hydrogen) atoms. The molecule has 1 amide bonds. The Morgan fingerprint density at radius 2 is 1.80 bits per heavy atom. The number of amides is 1. The van der Waals surface area contributed by atoms with E-state index in [1.54, 1.807) is 6.07 Å². The first-order valence-corrected chi connectivity index (χ1v) is 8.21. The minimum Gasteiger partial charge on any atom is -0.336 e. The SMILES string of the molecule is CN(CC(F)(F)F)C(=O)CN1CCN(Cc2ccc(F)cc2Cl)CC1. The second-order valence-electron chi connectivity index (χ2n) is 6.15. The third kappa shape index (κ3) is 6.45. The van der Waals surface area contributed by atoms with E-state index >= 15 is 0 Å². The van der Waals surface area contributed by atoms with Crippen LogP contribution in [-0.2, 0) is 11.3 Å². The first kappa shape index (κ1) is 19.9. The Labute approximate surface area is 148 Å². The van der Waals surface area contributed by atoms with Gasteiger partial charge in [0.25, 0.3) is 0 Å². The minimum atomic E-state index is -4.39. The van der Waals surface area contributed by atoms with Crippen molar-refractivity contribution in [2.45, 2.75) is 12.7 Å². The number of hydrogen-bond donors (Lipinski definition) is 0. The van der Waals surface area contributed by atoms with Crippen LogP contribution in [0.5, 0.6) is 0 Å². The first-order valence-electron chi connectivity index (χ1n) is 7.83. The molecule has 1 fully saturated rings. The Morgan fingerprint density at radius 3 is 2.36 bits per heavy atom. The molecule has 0 radical (unpaired) electrons. The Balaban J connectivity index is 1.78. The van der Waals surface area contributed by atoms with Gasteiger partial charge >= 0.3 is 6.18 Å². The molecule has 2 rings (SSSR count). The fourth-order valence-corrected chi connectivity index (χ4v) is 2.89. The lowest BCUT2D eigenvalue weighted by atomic mass is 10.2. The summed E-state index contributed by atoms with van der Waals surface area (Å²) in [5.74, 6) is -0.938. The van der Waals surface area contributed by atoms with Crippen molar-refractivity contribution in [1.29, 1.82) is 0 Å². The summed E-state index contributed by atoms with van der Waals surface area (Å²) in [5, 5.41) is 0.367. The molecule has 0 saturated carbocycles. The number of alkyl halides is 3. The van der Waals surface area contributed by atoms with Crippen LogP contribution in [0.1, 0.15) is 5.56 Å². The van der Waals surface area contributed by atoms with Crippen LogP contribution in [0.4, 0.5) is 17.6 Å². The summed E-state index contributed by atoms with van der Waals surface area (Å²) in [6, 6.07) is 4.26. The van der Waals surface area contributed by atoms with E-state index in [1.807, 2.05) is 4.90 Å². The second-order valence-corrected chi connectivity index (χ2v) is 6.56. The highest BCUT2D eigenvalue weighted by Crippen LogP contribution is 2.20. The number of benzene rings is 1. The average molecular weight is 382 g/mol. The number of rotatable bonds is 5. The molecule has 4 nitrogen and oxygen atoms in total. The molecule has 9 heteroatoms. The number of nitrogens with zero attached hydrogens (tertiary/aromatic N) is 3. The smallest absolute Gasteiger partial charge is 0.336 e. The first-order chi connectivity index (χ1) is 11.6. The van der Waals surface area contributed by atoms with Crippen molar-refractivity contribution in [1.82, 2.24) is 14.7 Å². The van der Waals surface area contributed by atoms with Crippen LogP contribution in [0, 0.1) is 5.82 Å². The number of piperazine rings is 1. The predicted molar refractivity (Wildman–Crippen MR) is 86.8 cm³/mol. The van der Waals surface area contributed by atoms with E-state index in [9.17, 15) is 22.4 Å². The molecule has 0 atom stereocenters. The third-order valence-corrected chi connectivity index (χ3v) is 4.43. The molecular formula is C16H20ClF4N3O. The number of carbonyl (C=O) groups excluding carboxylic acids is 1. The third-order valence-electron chi connectivity index (χ3n) is 4.08. The van der Waals surface area contributed by atoms with Crippen LogP contribution < -0.4 is 0 Å². The Bertz CT molecular complexity index is 604. The van der Waals surface area contributed by atoms with Gasteiger partial charge in [-0.15, -0.1) is 0 Å². The number of likely N-dealkylation sites (N-methyl/N-ethyl adjacent to an activating group) is 1. The van der Waals surface area contributed by atoms with Gasteiger partial charge in [0.05, 0.1) is 6.54 Å². The lowest BCUT2D eigenvalue weighted by molar-refractivity contribution is -0.159. The van der Waals surface area contributed by atoms with E-state index in [4.69, 9.17) is 11.6 Å². The fourth-order valence-electron chi connectivity index (χ4n) is 2.67. The van der Waals surface area contributed by atoms with E-state index < -0.39 is 18.6 Å². The Kier molecular flexibility index (Phi) is 6.65. The maximum atomic E-state index is 13.1. The van der Waals surface area contributed by atoms with Gasteiger partial charge in [-0.05, 0) is 17.7 Å². The van der Waals surface area contributed by atoms with Crippen molar-refractivity contribution in [3.63, 3.8) is 0 Å². The van der Waals surface area contributed by atoms with Gasteiger partial charge in [-0.2, -0.15) is 13.2 Å². The lowest BCUT2D eigenvalue weighted by Gasteiger charge is -2.35. The van der Waals surface area contributed by atoms with E-state index in [-0.39, 0.29) is 12.4 Å². The van der Waals surface area contributed by atoms with Crippen LogP contribution in [0.15, 0.2) is 18.2 Å². The summed E-state index contributed by atoms with van der Waals surface area (Å²) in [6.07, 6.45) is -4.39. The van der Waals surface area contributed by atoms with Gasteiger partial charge in [0, 0.05) is 44.8 Å². The molecule has 1 saturated heterocycles. The maximum Gasteiger partial charge on any atom is 0.406 e. The Hall–Kier alpha value is -1.38. The van der Waals surface area contributed by atoms with Gasteiger partial charge in [0.15, 0.2) is 0 Å². The molecule has 1 aromatic carbocycles. The standard InChI is InChI=1S/C16H20ClF4N3O/c1-22(11-16(19,20)21)15(25)10-24-6-4-23(5-7-24)9-12-2-3-13(18)8-14(12)17/h2-3,8H,4-7,9-11H2,1H3. The molecular weight excluding hydrogens is 362 g/mol. The lowest BCUT2D eigenvalue weighted by Crippen LogP contribution is -2.50. The summed E-state index contributed by atoms with van der Waals surface area (Å²) in [4.78, 5) is 16.5. The maximum absolute atomic E-state index is 13.1. The highest BCUT2D eigenvalue weighted by molar-refractivity contribution is 6.31. The quantitative estimate of drug-likeness (QED) is 0.734. The molecule has 0 bridgehead atoms. The molecule has 0 aromatic heterocycles. The average Bonchev–Trinajstić information content (AvgIpc) is 2.50. The molecule has 0 N–H and O–H groups in total. The van der Waals surface area contributed by atoms with E-state index in [0.717, 1.165) is 12.6 Å². The largest absolute Gasteiger partial charge is 0.406 e. The van der Waals surface area contributed by atoms with Crippen LogP contribution in [0.2, 0.25) is 5.02 Å². The van der Waals surface area contributed by atoms with Crippen LogP contribution >= 0.6 is 11.6 Å². The van der Waals surface area contributed by atoms with Gasteiger partial charge in [0.1, 0.15) is 12.4 Å². The normalized spacial score (nSPS) is 16.9. The van der Waals surface area contributed by atoms with Crippen LogP contribution in [0.25, 0.3) is 0 Å². The zero-order valence-electron chi connectivity index (χ0n) is 13.8. The van der Waals surface area contributed by atoms with Gasteiger partial charge in [-0.1, -0.05) is 17.7 Å². The number of carbonyl (C=O) groups is 1. The molecule has 0 spiro atoms. The van der Waals surface area contributed by atoms with Crippen molar-refractivity contribution in [3.05, 3.63) is 34.6 Å².